The number of carbonyl (C=O) groups excluding carboxylic acids is 1. The van der Waals surface area contributed by atoms with Crippen LogP contribution in [0.25, 0.3) is 0 Å². The Morgan fingerprint density at radius 1 is 1.27 bits per heavy atom. The number of aliphatic imine (C=N–C) groups is 1. The van der Waals surface area contributed by atoms with Gasteiger partial charge >= 0.3 is 6.36 Å². The van der Waals surface area contributed by atoms with Crippen LogP contribution in [0.3, 0.4) is 0 Å². The van der Waals surface area contributed by atoms with Gasteiger partial charge in [0.05, 0.1) is 0 Å². The molecule has 1 aromatic carbocycles. The summed E-state index contributed by atoms with van der Waals surface area (Å²) < 4.78 is 40.0. The molecule has 2 rings (SSSR count). The minimum atomic E-state index is -4.72. The summed E-state index contributed by atoms with van der Waals surface area (Å²) in [6.45, 7) is 0.967. The largest absolute Gasteiger partial charge is 0.573 e. The molecular formula is C16H22F3IN4O2. The Hall–Kier alpha value is -1.72. The number of anilines is 1. The highest BCUT2D eigenvalue weighted by molar-refractivity contribution is 14.0. The Morgan fingerprint density at radius 3 is 2.46 bits per heavy atom. The van der Waals surface area contributed by atoms with Crippen LogP contribution in [-0.4, -0.2) is 31.3 Å². The highest BCUT2D eigenvalue weighted by Gasteiger charge is 2.30. The van der Waals surface area contributed by atoms with E-state index in [1.807, 2.05) is 0 Å². The molecule has 1 aliphatic carbocycles. The topological polar surface area (TPSA) is 88.7 Å². The van der Waals surface area contributed by atoms with Gasteiger partial charge in [0.15, 0.2) is 5.96 Å². The summed E-state index contributed by atoms with van der Waals surface area (Å²) in [5.74, 6) is 0.104. The number of guanidine groups is 1. The lowest BCUT2D eigenvalue weighted by Crippen LogP contribution is -2.35. The third-order valence-corrected chi connectivity index (χ3v) is 3.75. The molecule has 6 nitrogen and oxygen atoms in total. The smallest absolute Gasteiger partial charge is 0.406 e. The molecule has 1 aliphatic rings. The van der Waals surface area contributed by atoms with Gasteiger partial charge in [-0.25, -0.2) is 0 Å². The maximum atomic E-state index is 12.1. The van der Waals surface area contributed by atoms with E-state index in [0.717, 1.165) is 19.3 Å². The summed E-state index contributed by atoms with van der Waals surface area (Å²) in [4.78, 5) is 15.7. The molecule has 1 fully saturated rings. The molecule has 0 unspecified atom stereocenters. The maximum absolute atomic E-state index is 12.1. The number of carbonyl (C=O) groups is 1. The van der Waals surface area contributed by atoms with Gasteiger partial charge < -0.3 is 21.1 Å². The van der Waals surface area contributed by atoms with Crippen LogP contribution in [-0.2, 0) is 4.79 Å². The standard InChI is InChI=1S/C16H21F3N4O2.HI/c17-16(18,19)25-13-7-5-12(6-8-13)23-15(20)22-10-2-9-21-14(24)11-3-1-4-11;/h5-8,11H,1-4,9-10H2,(H,21,24)(H3,20,22,23);1H. The molecule has 0 aromatic heterocycles. The number of nitrogens with one attached hydrogen (secondary N) is 2. The summed E-state index contributed by atoms with van der Waals surface area (Å²) in [7, 11) is 0. The predicted molar refractivity (Wildman–Crippen MR) is 104 cm³/mol. The molecular weight excluding hydrogens is 464 g/mol. The number of nitrogens with two attached hydrogens (primary N) is 1. The summed E-state index contributed by atoms with van der Waals surface area (Å²) in [5, 5.41) is 5.63. The Kier molecular flexibility index (Phi) is 8.96. The molecule has 146 valence electrons. The lowest BCUT2D eigenvalue weighted by molar-refractivity contribution is -0.274. The van der Waals surface area contributed by atoms with Gasteiger partial charge in [-0.05, 0) is 43.5 Å². The van der Waals surface area contributed by atoms with E-state index >= 15 is 0 Å². The Bertz CT molecular complexity index is 605. The number of halogens is 4. The minimum Gasteiger partial charge on any atom is -0.406 e. The highest BCUT2D eigenvalue weighted by atomic mass is 127. The highest BCUT2D eigenvalue weighted by Crippen LogP contribution is 2.26. The van der Waals surface area contributed by atoms with Gasteiger partial charge in [0.1, 0.15) is 5.75 Å². The Labute approximate surface area is 166 Å². The van der Waals surface area contributed by atoms with Crippen LogP contribution >= 0.6 is 24.0 Å². The molecule has 4 N–H and O–H groups in total. The predicted octanol–water partition coefficient (Wildman–Crippen LogP) is 3.24. The van der Waals surface area contributed by atoms with E-state index in [1.54, 1.807) is 0 Å². The first kappa shape index (κ1) is 22.3. The SMILES string of the molecule is I.NC(=NCCCNC(=O)C1CCC1)Nc1ccc(OC(F)(F)F)cc1. The first-order valence-electron chi connectivity index (χ1n) is 8.04. The fourth-order valence-electron chi connectivity index (χ4n) is 2.23. The van der Waals surface area contributed by atoms with Crippen LogP contribution in [0, 0.1) is 5.92 Å². The number of nitrogens with zero attached hydrogens (tertiary/aromatic N) is 1. The zero-order valence-corrected chi connectivity index (χ0v) is 16.3. The lowest BCUT2D eigenvalue weighted by Gasteiger charge is -2.23. The quantitative estimate of drug-likeness (QED) is 0.239. The van der Waals surface area contributed by atoms with Gasteiger partial charge in [-0.1, -0.05) is 6.42 Å². The molecule has 1 saturated carbocycles. The van der Waals surface area contributed by atoms with E-state index in [4.69, 9.17) is 5.73 Å². The van der Waals surface area contributed by atoms with Crippen molar-refractivity contribution in [1.29, 1.82) is 0 Å². The van der Waals surface area contributed by atoms with E-state index in [-0.39, 0.29) is 47.5 Å². The molecule has 0 radical (unpaired) electrons. The second kappa shape index (κ2) is 10.4. The normalized spacial score (nSPS) is 14.8. The Morgan fingerprint density at radius 2 is 1.92 bits per heavy atom. The second-order valence-corrected chi connectivity index (χ2v) is 5.74. The summed E-state index contributed by atoms with van der Waals surface area (Å²) in [6.07, 6.45) is -1.02. The van der Waals surface area contributed by atoms with Crippen molar-refractivity contribution in [3.8, 4) is 5.75 Å². The number of benzene rings is 1. The van der Waals surface area contributed by atoms with Gasteiger partial charge in [-0.15, -0.1) is 37.1 Å². The van der Waals surface area contributed by atoms with Crippen molar-refractivity contribution >= 4 is 41.5 Å². The van der Waals surface area contributed by atoms with Crippen LogP contribution in [0.15, 0.2) is 29.3 Å². The van der Waals surface area contributed by atoms with E-state index in [0.29, 0.717) is 25.2 Å². The molecule has 1 aromatic rings. The van der Waals surface area contributed by atoms with Crippen LogP contribution in [0.5, 0.6) is 5.75 Å². The third-order valence-electron chi connectivity index (χ3n) is 3.75. The molecule has 0 saturated heterocycles. The van der Waals surface area contributed by atoms with Gasteiger partial charge in [0.2, 0.25) is 5.91 Å². The number of hydrogen-bond donors (Lipinski definition) is 3. The zero-order chi connectivity index (χ0) is 18.3. The fraction of sp³-hybridized carbons (Fsp3) is 0.500. The molecule has 0 aliphatic heterocycles. The number of hydrogen-bond acceptors (Lipinski definition) is 3. The zero-order valence-electron chi connectivity index (χ0n) is 14.0. The number of rotatable bonds is 7. The lowest BCUT2D eigenvalue weighted by atomic mass is 9.85. The van der Waals surface area contributed by atoms with E-state index in [9.17, 15) is 18.0 Å². The fourth-order valence-corrected chi connectivity index (χ4v) is 2.23. The maximum Gasteiger partial charge on any atom is 0.573 e. The Balaban J connectivity index is 0.00000338. The molecule has 1 amide bonds. The van der Waals surface area contributed by atoms with Crippen molar-refractivity contribution in [1.82, 2.24) is 5.32 Å². The van der Waals surface area contributed by atoms with Crippen molar-refractivity contribution in [2.45, 2.75) is 32.0 Å². The molecule has 0 spiro atoms. The van der Waals surface area contributed by atoms with Crippen molar-refractivity contribution in [2.75, 3.05) is 18.4 Å². The number of ether oxygens (including phenoxy) is 1. The monoisotopic (exact) mass is 486 g/mol. The van der Waals surface area contributed by atoms with Crippen molar-refractivity contribution < 1.29 is 22.7 Å². The third kappa shape index (κ3) is 8.11. The van der Waals surface area contributed by atoms with Gasteiger partial charge in [0, 0.05) is 24.7 Å². The summed E-state index contributed by atoms with van der Waals surface area (Å²) >= 11 is 0. The van der Waals surface area contributed by atoms with E-state index in [1.165, 1.54) is 24.3 Å². The molecule has 26 heavy (non-hydrogen) atoms. The van der Waals surface area contributed by atoms with Gasteiger partial charge in [-0.3, -0.25) is 9.79 Å². The average Bonchev–Trinajstić information content (AvgIpc) is 2.45. The van der Waals surface area contributed by atoms with Crippen molar-refractivity contribution in [3.05, 3.63) is 24.3 Å². The van der Waals surface area contributed by atoms with Crippen LogP contribution in [0.2, 0.25) is 0 Å². The summed E-state index contributed by atoms with van der Waals surface area (Å²) in [6, 6.07) is 5.17. The van der Waals surface area contributed by atoms with Crippen LogP contribution in [0.1, 0.15) is 25.7 Å². The molecule has 0 bridgehead atoms. The van der Waals surface area contributed by atoms with E-state index in [2.05, 4.69) is 20.4 Å². The van der Waals surface area contributed by atoms with Crippen LogP contribution in [0.4, 0.5) is 18.9 Å². The number of alkyl halides is 3. The van der Waals surface area contributed by atoms with Gasteiger partial charge in [-0.2, -0.15) is 0 Å². The van der Waals surface area contributed by atoms with Crippen molar-refractivity contribution in [3.63, 3.8) is 0 Å². The molecule has 0 atom stereocenters. The average molecular weight is 486 g/mol. The molecule has 0 heterocycles. The van der Waals surface area contributed by atoms with Crippen molar-refractivity contribution in [2.24, 2.45) is 16.6 Å². The molecule has 10 heteroatoms. The van der Waals surface area contributed by atoms with Crippen LogP contribution < -0.4 is 21.1 Å². The minimum absolute atomic E-state index is 0. The van der Waals surface area contributed by atoms with E-state index < -0.39 is 6.36 Å². The van der Waals surface area contributed by atoms with Gasteiger partial charge in [0.25, 0.3) is 0 Å². The first-order chi connectivity index (χ1) is 11.8. The second-order valence-electron chi connectivity index (χ2n) is 5.74. The summed E-state index contributed by atoms with van der Waals surface area (Å²) in [5.41, 5.74) is 6.20. The number of amides is 1. The first-order valence-corrected chi connectivity index (χ1v) is 8.04.